The molecular formula is C19H20F2N2O2. The van der Waals surface area contributed by atoms with E-state index in [1.54, 1.807) is 24.3 Å². The minimum Gasteiger partial charge on any atom is -0.478 e. The largest absolute Gasteiger partial charge is 0.478 e. The van der Waals surface area contributed by atoms with Crippen molar-refractivity contribution in [3.05, 3.63) is 65.2 Å². The summed E-state index contributed by atoms with van der Waals surface area (Å²) in [5.74, 6) is -2.59. The van der Waals surface area contributed by atoms with E-state index in [9.17, 15) is 13.6 Å². The van der Waals surface area contributed by atoms with E-state index in [1.165, 1.54) is 6.07 Å². The van der Waals surface area contributed by atoms with Gasteiger partial charge in [-0.2, -0.15) is 0 Å². The molecule has 0 atom stereocenters. The Balaban J connectivity index is 1.64. The molecule has 0 unspecified atom stereocenters. The number of carbonyl (C=O) groups is 1. The Morgan fingerprint density at radius 3 is 2.60 bits per heavy atom. The summed E-state index contributed by atoms with van der Waals surface area (Å²) in [7, 11) is 0. The summed E-state index contributed by atoms with van der Waals surface area (Å²) in [4.78, 5) is 15.4. The SMILES string of the molecule is O=C(O)c1cccc(CN2CCCN(c3ccc(F)c(F)c3)CC2)c1. The van der Waals surface area contributed by atoms with Gasteiger partial charge in [-0.1, -0.05) is 12.1 Å². The van der Waals surface area contributed by atoms with Crippen LogP contribution in [-0.2, 0) is 6.54 Å². The van der Waals surface area contributed by atoms with Crippen LogP contribution in [0.25, 0.3) is 0 Å². The first kappa shape index (κ1) is 17.4. The maximum absolute atomic E-state index is 13.4. The van der Waals surface area contributed by atoms with Crippen molar-refractivity contribution >= 4 is 11.7 Å². The van der Waals surface area contributed by atoms with Crippen molar-refractivity contribution in [2.75, 3.05) is 31.1 Å². The number of hydrogen-bond donors (Lipinski definition) is 1. The standard InChI is InChI=1S/C19H20F2N2O2/c20-17-6-5-16(12-18(17)21)23-8-2-7-22(9-10-23)13-14-3-1-4-15(11-14)19(24)25/h1,3-6,11-12H,2,7-10,13H2,(H,24,25). The summed E-state index contributed by atoms with van der Waals surface area (Å²) in [5, 5.41) is 9.09. The average molecular weight is 346 g/mol. The van der Waals surface area contributed by atoms with Gasteiger partial charge in [0, 0.05) is 44.5 Å². The molecule has 1 N–H and O–H groups in total. The van der Waals surface area contributed by atoms with Gasteiger partial charge in [0.15, 0.2) is 11.6 Å². The molecule has 0 spiro atoms. The van der Waals surface area contributed by atoms with Crippen LogP contribution in [0.4, 0.5) is 14.5 Å². The van der Waals surface area contributed by atoms with Crippen LogP contribution < -0.4 is 4.90 Å². The number of anilines is 1. The fourth-order valence-electron chi connectivity index (χ4n) is 3.13. The smallest absolute Gasteiger partial charge is 0.335 e. The van der Waals surface area contributed by atoms with Crippen LogP contribution in [0.5, 0.6) is 0 Å². The molecular weight excluding hydrogens is 326 g/mol. The van der Waals surface area contributed by atoms with Gasteiger partial charge in [-0.05, 0) is 36.2 Å². The number of benzene rings is 2. The molecule has 0 radical (unpaired) electrons. The molecule has 1 fully saturated rings. The van der Waals surface area contributed by atoms with Crippen molar-refractivity contribution in [1.29, 1.82) is 0 Å². The van der Waals surface area contributed by atoms with E-state index < -0.39 is 17.6 Å². The molecule has 6 heteroatoms. The highest BCUT2D eigenvalue weighted by molar-refractivity contribution is 5.87. The lowest BCUT2D eigenvalue weighted by molar-refractivity contribution is 0.0696. The van der Waals surface area contributed by atoms with Crippen molar-refractivity contribution in [3.8, 4) is 0 Å². The Hall–Kier alpha value is -2.47. The third-order valence-corrected chi connectivity index (χ3v) is 4.44. The highest BCUT2D eigenvalue weighted by atomic mass is 19.2. The molecule has 4 nitrogen and oxygen atoms in total. The van der Waals surface area contributed by atoms with E-state index in [-0.39, 0.29) is 5.56 Å². The normalized spacial score (nSPS) is 15.8. The predicted molar refractivity (Wildman–Crippen MR) is 91.9 cm³/mol. The maximum Gasteiger partial charge on any atom is 0.335 e. The zero-order valence-electron chi connectivity index (χ0n) is 13.8. The maximum atomic E-state index is 13.4. The number of carboxylic acids is 1. The molecule has 0 amide bonds. The topological polar surface area (TPSA) is 43.8 Å². The molecule has 3 rings (SSSR count). The van der Waals surface area contributed by atoms with Crippen LogP contribution in [0, 0.1) is 11.6 Å². The lowest BCUT2D eigenvalue weighted by Crippen LogP contribution is -2.30. The molecule has 2 aromatic rings. The number of nitrogens with zero attached hydrogens (tertiary/aromatic N) is 2. The second-order valence-corrected chi connectivity index (χ2v) is 6.22. The van der Waals surface area contributed by atoms with Gasteiger partial charge in [-0.25, -0.2) is 13.6 Å². The second kappa shape index (κ2) is 7.61. The van der Waals surface area contributed by atoms with Gasteiger partial charge in [0.05, 0.1) is 5.56 Å². The van der Waals surface area contributed by atoms with Gasteiger partial charge >= 0.3 is 5.97 Å². The molecule has 0 aliphatic carbocycles. The fraction of sp³-hybridized carbons (Fsp3) is 0.316. The van der Waals surface area contributed by atoms with E-state index >= 15 is 0 Å². The summed E-state index contributed by atoms with van der Waals surface area (Å²) in [6, 6.07) is 10.9. The molecule has 1 aliphatic rings. The molecule has 1 saturated heterocycles. The van der Waals surface area contributed by atoms with Gasteiger partial charge in [0.2, 0.25) is 0 Å². The Bertz CT molecular complexity index is 767. The number of hydrogen-bond acceptors (Lipinski definition) is 3. The van der Waals surface area contributed by atoms with E-state index in [1.807, 2.05) is 6.07 Å². The van der Waals surface area contributed by atoms with Crippen molar-refractivity contribution < 1.29 is 18.7 Å². The summed E-state index contributed by atoms with van der Waals surface area (Å²) in [5.41, 5.74) is 1.94. The first-order chi connectivity index (χ1) is 12.0. The molecule has 132 valence electrons. The van der Waals surface area contributed by atoms with Crippen molar-refractivity contribution in [1.82, 2.24) is 4.90 Å². The molecule has 25 heavy (non-hydrogen) atoms. The fourth-order valence-corrected chi connectivity index (χ4v) is 3.13. The number of aromatic carboxylic acids is 1. The molecule has 1 aliphatic heterocycles. The summed E-state index contributed by atoms with van der Waals surface area (Å²) < 4.78 is 26.5. The molecule has 0 saturated carbocycles. The Labute approximate surface area is 145 Å². The Morgan fingerprint density at radius 1 is 1.00 bits per heavy atom. The first-order valence-electron chi connectivity index (χ1n) is 8.27. The molecule has 0 aromatic heterocycles. The summed E-state index contributed by atoms with van der Waals surface area (Å²) in [6.07, 6.45) is 0.900. The van der Waals surface area contributed by atoms with Crippen LogP contribution >= 0.6 is 0 Å². The number of rotatable bonds is 4. The van der Waals surface area contributed by atoms with E-state index in [0.29, 0.717) is 18.8 Å². The van der Waals surface area contributed by atoms with Crippen molar-refractivity contribution in [3.63, 3.8) is 0 Å². The Kier molecular flexibility index (Phi) is 5.28. The quantitative estimate of drug-likeness (QED) is 0.922. The van der Waals surface area contributed by atoms with Gasteiger partial charge < -0.3 is 10.0 Å². The number of carboxylic acid groups (broad SMARTS) is 1. The van der Waals surface area contributed by atoms with Crippen LogP contribution in [0.3, 0.4) is 0 Å². The minimum atomic E-state index is -0.928. The highest BCUT2D eigenvalue weighted by Gasteiger charge is 2.17. The second-order valence-electron chi connectivity index (χ2n) is 6.22. The van der Waals surface area contributed by atoms with Gasteiger partial charge in [-0.3, -0.25) is 4.90 Å². The zero-order chi connectivity index (χ0) is 17.8. The lowest BCUT2D eigenvalue weighted by atomic mass is 10.1. The molecule has 2 aromatic carbocycles. The summed E-state index contributed by atoms with van der Waals surface area (Å²) >= 11 is 0. The van der Waals surface area contributed by atoms with Crippen LogP contribution in [-0.4, -0.2) is 42.2 Å². The monoisotopic (exact) mass is 346 g/mol. The summed E-state index contributed by atoms with van der Waals surface area (Å²) in [6.45, 7) is 3.81. The highest BCUT2D eigenvalue weighted by Crippen LogP contribution is 2.20. The van der Waals surface area contributed by atoms with Gasteiger partial charge in [0.25, 0.3) is 0 Å². The van der Waals surface area contributed by atoms with Crippen LogP contribution in [0.15, 0.2) is 42.5 Å². The van der Waals surface area contributed by atoms with Gasteiger partial charge in [-0.15, -0.1) is 0 Å². The van der Waals surface area contributed by atoms with Crippen molar-refractivity contribution in [2.45, 2.75) is 13.0 Å². The number of halogens is 2. The van der Waals surface area contributed by atoms with E-state index in [0.717, 1.165) is 37.7 Å². The molecule has 1 heterocycles. The third kappa shape index (κ3) is 4.33. The van der Waals surface area contributed by atoms with Crippen LogP contribution in [0.1, 0.15) is 22.3 Å². The average Bonchev–Trinajstić information content (AvgIpc) is 2.83. The molecule has 0 bridgehead atoms. The predicted octanol–water partition coefficient (Wildman–Crippen LogP) is 3.38. The van der Waals surface area contributed by atoms with Crippen molar-refractivity contribution in [2.24, 2.45) is 0 Å². The minimum absolute atomic E-state index is 0.288. The van der Waals surface area contributed by atoms with Gasteiger partial charge in [0.1, 0.15) is 0 Å². The third-order valence-electron chi connectivity index (χ3n) is 4.44. The van der Waals surface area contributed by atoms with E-state index in [4.69, 9.17) is 5.11 Å². The Morgan fingerprint density at radius 2 is 1.84 bits per heavy atom. The van der Waals surface area contributed by atoms with Crippen LogP contribution in [0.2, 0.25) is 0 Å². The van der Waals surface area contributed by atoms with E-state index in [2.05, 4.69) is 9.80 Å². The lowest BCUT2D eigenvalue weighted by Gasteiger charge is -2.24. The zero-order valence-corrected chi connectivity index (χ0v) is 13.8. The first-order valence-corrected chi connectivity index (χ1v) is 8.27.